The number of amides is 2. The Bertz CT molecular complexity index is 2160. The number of hydrogen-bond acceptors (Lipinski definition) is 8. The molecule has 0 saturated heterocycles. The molecular formula is C52H75ClN4O7. The van der Waals surface area contributed by atoms with Crippen molar-refractivity contribution in [2.75, 3.05) is 13.1 Å². The first-order chi connectivity index (χ1) is 29.8. The molecule has 2 amide bonds. The molecule has 6 saturated carbocycles. The highest BCUT2D eigenvalue weighted by atomic mass is 35.5. The Labute approximate surface area is 385 Å². The molecule has 7 aliphatic carbocycles. The van der Waals surface area contributed by atoms with E-state index in [2.05, 4.69) is 59.1 Å². The highest BCUT2D eigenvalue weighted by molar-refractivity contribution is 6.30. The van der Waals surface area contributed by atoms with Crippen molar-refractivity contribution in [1.82, 2.24) is 10.6 Å². The molecule has 13 atom stereocenters. The number of halogens is 1. The Balaban J connectivity index is 1.03. The Morgan fingerprint density at radius 2 is 1.61 bits per heavy atom. The van der Waals surface area contributed by atoms with Gasteiger partial charge in [-0.2, -0.15) is 0 Å². The molecule has 11 nitrogen and oxygen atoms in total. The first kappa shape index (κ1) is 47.2. The van der Waals surface area contributed by atoms with E-state index in [0.717, 1.165) is 56.1 Å². The number of rotatable bonds is 13. The van der Waals surface area contributed by atoms with Gasteiger partial charge in [-0.1, -0.05) is 73.9 Å². The fourth-order valence-corrected chi connectivity index (χ4v) is 17.1. The van der Waals surface area contributed by atoms with E-state index in [0.29, 0.717) is 54.6 Å². The van der Waals surface area contributed by atoms with Gasteiger partial charge < -0.3 is 31.9 Å². The number of fused-ring (bicyclic) bond motifs is 6. The number of nitrogens with one attached hydrogen (secondary N) is 2. The second-order valence-corrected chi connectivity index (χ2v) is 24.0. The summed E-state index contributed by atoms with van der Waals surface area (Å²) < 4.78 is 6.53. The number of nitrogens with two attached hydrogens (primary N) is 2. The van der Waals surface area contributed by atoms with E-state index in [-0.39, 0.29) is 88.1 Å². The van der Waals surface area contributed by atoms with Crippen molar-refractivity contribution in [1.29, 1.82) is 0 Å². The fourth-order valence-electron chi connectivity index (χ4n) is 16.9. The van der Waals surface area contributed by atoms with Gasteiger partial charge in [0.1, 0.15) is 6.10 Å². The van der Waals surface area contributed by atoms with Crippen LogP contribution in [0.25, 0.3) is 0 Å². The average Bonchev–Trinajstić information content (AvgIpc) is 3.55. The second kappa shape index (κ2) is 15.6. The number of carbonyl (C=O) groups is 5. The third-order valence-electron chi connectivity index (χ3n) is 20.9. The van der Waals surface area contributed by atoms with Crippen LogP contribution in [0.2, 0.25) is 5.02 Å². The summed E-state index contributed by atoms with van der Waals surface area (Å²) >= 11 is 6.06. The normalized spacial score (nSPS) is 41.9. The number of allylic oxidation sites excluding steroid dienone is 1. The van der Waals surface area contributed by atoms with Gasteiger partial charge in [-0.05, 0) is 157 Å². The third kappa shape index (κ3) is 6.34. The number of esters is 1. The summed E-state index contributed by atoms with van der Waals surface area (Å²) in [5.74, 6) is -1.63. The van der Waals surface area contributed by atoms with Crippen molar-refractivity contribution in [3.8, 4) is 0 Å². The number of ether oxygens (including phenoxy) is 1. The highest BCUT2D eigenvalue weighted by Gasteiger charge is 2.87. The van der Waals surface area contributed by atoms with Crippen molar-refractivity contribution in [2.45, 2.75) is 163 Å². The average molecular weight is 904 g/mol. The number of carboxylic acid groups (broad SMARTS) is 1. The summed E-state index contributed by atoms with van der Waals surface area (Å²) in [6, 6.07) is 6.38. The van der Waals surface area contributed by atoms with E-state index >= 15 is 0 Å². The Morgan fingerprint density at radius 3 is 2.23 bits per heavy atom. The molecule has 0 aromatic heterocycles. The summed E-state index contributed by atoms with van der Waals surface area (Å²) in [6.07, 6.45) is 8.74. The maximum atomic E-state index is 14.4. The van der Waals surface area contributed by atoms with Gasteiger partial charge in [-0.3, -0.25) is 24.0 Å². The number of carbonyl (C=O) groups excluding carboxylic acids is 4. The molecule has 1 aromatic carbocycles. The summed E-state index contributed by atoms with van der Waals surface area (Å²) in [5, 5.41) is 16.5. The number of carboxylic acids is 1. The van der Waals surface area contributed by atoms with Gasteiger partial charge in [-0.25, -0.2) is 0 Å². The number of Topliss-reactive ketones (excluding diaryl/α,β-unsaturated/α-hetero) is 1. The zero-order chi connectivity index (χ0) is 46.8. The minimum absolute atomic E-state index is 0.00440. The topological polar surface area (TPSA) is 191 Å². The van der Waals surface area contributed by atoms with Gasteiger partial charge in [0.2, 0.25) is 5.91 Å². The lowest BCUT2D eigenvalue weighted by molar-refractivity contribution is -0.226. The van der Waals surface area contributed by atoms with Gasteiger partial charge in [0, 0.05) is 52.4 Å². The third-order valence-corrected chi connectivity index (χ3v) is 21.1. The van der Waals surface area contributed by atoms with Gasteiger partial charge in [0.15, 0.2) is 5.78 Å². The van der Waals surface area contributed by atoms with Crippen molar-refractivity contribution >= 4 is 41.1 Å². The maximum absolute atomic E-state index is 14.4. The largest absolute Gasteiger partial charge is 0.481 e. The van der Waals surface area contributed by atoms with Crippen LogP contribution < -0.4 is 22.1 Å². The standard InChI is InChI=1S/C52H75ClN4O7/c1-29(2)40-36(58)26-50(27-39(59)56-28-33(11-10-24-54)57-42(60)31-12-14-32(53)15-13-31)22-21-48(8)46(6)20-23-51-30(3)49(51,9)38(64-44(63)35-25-34(43(61)62)45(35,4)5)17-18-47(51,7)37(46)16-19-52(48,55)41(40)50/h12-15,29-30,33-35,37-38H,10-11,16-28,54-55H2,1-9H3,(H,56,59)(H,57,60)(H,61,62)/t30-,33?,34+,35-,37+,38+,46-,47-,48+,49-,50+,51+,52+/m1/s1. The lowest BCUT2D eigenvalue weighted by Gasteiger charge is -2.74. The van der Waals surface area contributed by atoms with Crippen LogP contribution >= 0.6 is 11.6 Å². The van der Waals surface area contributed by atoms with Gasteiger partial charge in [-0.15, -0.1) is 0 Å². The lowest BCUT2D eigenvalue weighted by atomic mass is 9.31. The van der Waals surface area contributed by atoms with E-state index in [1.54, 1.807) is 24.3 Å². The van der Waals surface area contributed by atoms with Crippen LogP contribution in [0, 0.1) is 67.5 Å². The molecule has 64 heavy (non-hydrogen) atoms. The smallest absolute Gasteiger partial charge is 0.309 e. The van der Waals surface area contributed by atoms with E-state index in [4.69, 9.17) is 27.8 Å². The molecule has 0 heterocycles. The number of hydrogen-bond donors (Lipinski definition) is 5. The summed E-state index contributed by atoms with van der Waals surface area (Å²) in [4.78, 5) is 67.5. The number of ketones is 1. The predicted octanol–water partition coefficient (Wildman–Crippen LogP) is 8.40. The summed E-state index contributed by atoms with van der Waals surface area (Å²) in [6.45, 7) is 20.8. The highest BCUT2D eigenvalue weighted by Crippen LogP contribution is 2.90. The Kier molecular flexibility index (Phi) is 11.5. The number of aliphatic carboxylic acids is 1. The van der Waals surface area contributed by atoms with E-state index in [9.17, 15) is 29.1 Å². The SMILES string of the molecule is CC(C)C1=C2[C@@](CC(=O)NCC(CCCN)NC(=O)c3ccc(Cl)cc3)(CC[C@]3(C)[C@]2(N)CC[C@H]2[C@@]3(C)CC[C@@]34[C@H](C)[C@]3(C)[C@@H](OC(=O)[C@H]3C[C@@H](C(=O)O)C3(C)C)CC[C@]24C)CC1=O. The fraction of sp³-hybridized carbons (Fsp3) is 0.750. The zero-order valence-corrected chi connectivity index (χ0v) is 40.6. The first-order valence-corrected chi connectivity index (χ1v) is 24.8. The number of benzene rings is 1. The van der Waals surface area contributed by atoms with Crippen LogP contribution in [0.3, 0.4) is 0 Å². The van der Waals surface area contributed by atoms with Crippen LogP contribution in [0.4, 0.5) is 0 Å². The maximum Gasteiger partial charge on any atom is 0.309 e. The molecule has 1 spiro atoms. The second-order valence-electron chi connectivity index (χ2n) is 23.6. The molecule has 0 bridgehead atoms. The van der Waals surface area contributed by atoms with Crippen molar-refractivity contribution in [3.05, 3.63) is 46.0 Å². The first-order valence-electron chi connectivity index (χ1n) is 24.4. The van der Waals surface area contributed by atoms with Gasteiger partial charge in [0.05, 0.1) is 11.8 Å². The van der Waals surface area contributed by atoms with Crippen molar-refractivity contribution in [3.63, 3.8) is 0 Å². The monoisotopic (exact) mass is 903 g/mol. The minimum atomic E-state index is -0.847. The molecule has 352 valence electrons. The van der Waals surface area contributed by atoms with Crippen molar-refractivity contribution in [2.24, 2.45) is 79.0 Å². The van der Waals surface area contributed by atoms with E-state index in [1.165, 1.54) is 0 Å². The van der Waals surface area contributed by atoms with Gasteiger partial charge >= 0.3 is 11.9 Å². The molecule has 0 radical (unpaired) electrons. The van der Waals surface area contributed by atoms with Crippen LogP contribution in [-0.2, 0) is 23.9 Å². The Hall–Kier alpha value is -3.28. The molecule has 1 unspecified atom stereocenters. The lowest BCUT2D eigenvalue weighted by Crippen LogP contribution is -2.73. The zero-order valence-electron chi connectivity index (χ0n) is 39.9. The van der Waals surface area contributed by atoms with E-state index < -0.39 is 34.2 Å². The van der Waals surface area contributed by atoms with Crippen LogP contribution in [0.5, 0.6) is 0 Å². The van der Waals surface area contributed by atoms with Crippen LogP contribution in [0.15, 0.2) is 35.4 Å². The molecule has 0 aliphatic heterocycles. The minimum Gasteiger partial charge on any atom is -0.481 e. The van der Waals surface area contributed by atoms with Crippen molar-refractivity contribution < 1.29 is 33.8 Å². The quantitative estimate of drug-likeness (QED) is 0.121. The molecule has 8 rings (SSSR count). The van der Waals surface area contributed by atoms with Gasteiger partial charge in [0.25, 0.3) is 5.91 Å². The molecular weight excluding hydrogens is 828 g/mol. The summed E-state index contributed by atoms with van der Waals surface area (Å²) in [7, 11) is 0. The van der Waals surface area contributed by atoms with E-state index in [1.807, 2.05) is 13.8 Å². The molecule has 12 heteroatoms. The molecule has 6 fully saturated rings. The summed E-state index contributed by atoms with van der Waals surface area (Å²) in [5.41, 5.74) is 13.5. The van der Waals surface area contributed by atoms with Crippen LogP contribution in [0.1, 0.15) is 156 Å². The Morgan fingerprint density at radius 1 is 0.922 bits per heavy atom. The molecule has 1 aromatic rings. The molecule has 7 N–H and O–H groups in total. The predicted molar refractivity (Wildman–Crippen MR) is 247 cm³/mol. The van der Waals surface area contributed by atoms with Crippen LogP contribution in [-0.4, -0.2) is 65.4 Å². The molecule has 7 aliphatic rings.